The summed E-state index contributed by atoms with van der Waals surface area (Å²) in [5.74, 6) is 0. The summed E-state index contributed by atoms with van der Waals surface area (Å²) in [6.07, 6.45) is 2.83. The van der Waals surface area contributed by atoms with Gasteiger partial charge in [-0.2, -0.15) is 0 Å². The van der Waals surface area contributed by atoms with Crippen LogP contribution in [0.15, 0.2) is 13.2 Å². The highest BCUT2D eigenvalue weighted by Crippen LogP contribution is 2.01. The third kappa shape index (κ3) is 6.31. The molecule has 0 atom stereocenters. The first kappa shape index (κ1) is 12.1. The summed E-state index contributed by atoms with van der Waals surface area (Å²) in [7, 11) is 2.17. The van der Waals surface area contributed by atoms with Crippen molar-refractivity contribution in [3.63, 3.8) is 0 Å². The van der Waals surface area contributed by atoms with Crippen molar-refractivity contribution in [3.05, 3.63) is 13.2 Å². The van der Waals surface area contributed by atoms with E-state index in [1.54, 1.807) is 0 Å². The van der Waals surface area contributed by atoms with Crippen molar-refractivity contribution in [2.24, 2.45) is 0 Å². The van der Waals surface area contributed by atoms with Crippen LogP contribution in [0.3, 0.4) is 0 Å². The normalized spacial score (nSPS) is 17.4. The molecule has 0 radical (unpaired) electrons. The zero-order valence-corrected chi connectivity index (χ0v) is 8.43. The Morgan fingerprint density at radius 1 is 1.11 bits per heavy atom. The zero-order chi connectivity index (χ0) is 6.41. The van der Waals surface area contributed by atoms with Gasteiger partial charge in [-0.25, -0.2) is 0 Å². The van der Waals surface area contributed by atoms with E-state index in [4.69, 9.17) is 0 Å². The van der Waals surface area contributed by atoms with Gasteiger partial charge in [-0.1, -0.05) is 0 Å². The lowest BCUT2D eigenvalue weighted by atomic mass is 10.4. The Balaban J connectivity index is 0. The van der Waals surface area contributed by atoms with Crippen LogP contribution in [-0.4, -0.2) is 25.0 Å². The Kier molecular flexibility index (Phi) is 11.4. The van der Waals surface area contributed by atoms with Gasteiger partial charge in [0, 0.05) is 0 Å². The molecule has 0 aromatic rings. The first-order valence-electron chi connectivity index (χ1n) is 3.08. The van der Waals surface area contributed by atoms with E-state index in [2.05, 4.69) is 25.1 Å². The van der Waals surface area contributed by atoms with E-state index < -0.39 is 0 Å². The Labute approximate surface area is 75.1 Å². The number of rotatable bonds is 0. The summed E-state index contributed by atoms with van der Waals surface area (Å²) < 4.78 is 0. The molecule has 0 aromatic carbocycles. The fraction of sp³-hybridized carbons (Fsp3) is 0.714. The molecule has 0 spiro atoms. The van der Waals surface area contributed by atoms with Crippen molar-refractivity contribution >= 4 is 24.0 Å². The summed E-state index contributed by atoms with van der Waals surface area (Å²) in [5, 5.41) is 0. The average Bonchev–Trinajstić information content (AvgIpc) is 2.24. The molecule has 1 nitrogen and oxygen atoms in total. The van der Waals surface area contributed by atoms with E-state index in [9.17, 15) is 0 Å². The van der Waals surface area contributed by atoms with E-state index in [-0.39, 0.29) is 24.0 Å². The quantitative estimate of drug-likeness (QED) is 0.464. The second kappa shape index (κ2) is 8.43. The van der Waals surface area contributed by atoms with Crippen LogP contribution in [0.5, 0.6) is 0 Å². The van der Waals surface area contributed by atoms with Gasteiger partial charge in [-0.3, -0.25) is 0 Å². The standard InChI is InChI=1S/C5H11N.C2H4.HI/c1-6-4-2-3-5-6;1-2;/h2-5H2,1H3;1-2H2;1H. The molecule has 0 N–H and O–H groups in total. The Morgan fingerprint density at radius 2 is 1.44 bits per heavy atom. The Morgan fingerprint density at radius 3 is 1.56 bits per heavy atom. The minimum Gasteiger partial charge on any atom is -0.306 e. The molecule has 1 rings (SSSR count). The average molecular weight is 241 g/mol. The first-order valence-corrected chi connectivity index (χ1v) is 3.08. The molecule has 2 heteroatoms. The van der Waals surface area contributed by atoms with Crippen LogP contribution in [0.4, 0.5) is 0 Å². The van der Waals surface area contributed by atoms with Crippen LogP contribution >= 0.6 is 24.0 Å². The van der Waals surface area contributed by atoms with E-state index >= 15 is 0 Å². The molecule has 1 saturated heterocycles. The van der Waals surface area contributed by atoms with E-state index in [0.717, 1.165) is 0 Å². The summed E-state index contributed by atoms with van der Waals surface area (Å²) in [6, 6.07) is 0. The number of hydrogen-bond donors (Lipinski definition) is 0. The van der Waals surface area contributed by atoms with Gasteiger partial charge in [-0.15, -0.1) is 37.1 Å². The highest BCUT2D eigenvalue weighted by molar-refractivity contribution is 14.0. The van der Waals surface area contributed by atoms with Crippen molar-refractivity contribution in [1.29, 1.82) is 0 Å². The van der Waals surface area contributed by atoms with Gasteiger partial charge < -0.3 is 4.90 Å². The van der Waals surface area contributed by atoms with Crippen molar-refractivity contribution < 1.29 is 0 Å². The molecular formula is C7H16IN. The molecule has 56 valence electrons. The van der Waals surface area contributed by atoms with Crippen molar-refractivity contribution in [3.8, 4) is 0 Å². The Hall–Kier alpha value is 0.430. The SMILES string of the molecule is C=C.CN1CCCC1.I. The molecule has 9 heavy (non-hydrogen) atoms. The molecule has 1 heterocycles. The number of likely N-dealkylation sites (tertiary alicyclic amines) is 1. The van der Waals surface area contributed by atoms with Gasteiger partial charge >= 0.3 is 0 Å². The predicted molar refractivity (Wildman–Crippen MR) is 53.4 cm³/mol. The topological polar surface area (TPSA) is 3.24 Å². The predicted octanol–water partition coefficient (Wildman–Crippen LogP) is 2.13. The zero-order valence-electron chi connectivity index (χ0n) is 6.10. The van der Waals surface area contributed by atoms with Crippen molar-refractivity contribution in [1.82, 2.24) is 4.90 Å². The van der Waals surface area contributed by atoms with Crippen LogP contribution in [0.2, 0.25) is 0 Å². The van der Waals surface area contributed by atoms with Crippen LogP contribution in [0, 0.1) is 0 Å². The van der Waals surface area contributed by atoms with Gasteiger partial charge in [0.25, 0.3) is 0 Å². The maximum absolute atomic E-state index is 3.00. The lowest BCUT2D eigenvalue weighted by Crippen LogP contribution is -2.10. The maximum atomic E-state index is 3.00. The lowest BCUT2D eigenvalue weighted by molar-refractivity contribution is 0.418. The van der Waals surface area contributed by atoms with E-state index in [0.29, 0.717) is 0 Å². The number of nitrogens with zero attached hydrogens (tertiary/aromatic N) is 1. The highest BCUT2D eigenvalue weighted by Gasteiger charge is 2.03. The number of halogens is 1. The monoisotopic (exact) mass is 241 g/mol. The van der Waals surface area contributed by atoms with Gasteiger partial charge in [0.05, 0.1) is 0 Å². The fourth-order valence-corrected chi connectivity index (χ4v) is 0.875. The third-order valence-corrected chi connectivity index (χ3v) is 1.33. The fourth-order valence-electron chi connectivity index (χ4n) is 0.875. The molecule has 1 fully saturated rings. The second-order valence-corrected chi connectivity index (χ2v) is 2.01. The molecular weight excluding hydrogens is 225 g/mol. The van der Waals surface area contributed by atoms with Gasteiger partial charge in [0.1, 0.15) is 0 Å². The maximum Gasteiger partial charge on any atom is -0.00213 e. The van der Waals surface area contributed by atoms with Gasteiger partial charge in [0.15, 0.2) is 0 Å². The van der Waals surface area contributed by atoms with Gasteiger partial charge in [-0.05, 0) is 33.0 Å². The van der Waals surface area contributed by atoms with Crippen LogP contribution in [0.1, 0.15) is 12.8 Å². The smallest absolute Gasteiger partial charge is 0.00213 e. The highest BCUT2D eigenvalue weighted by atomic mass is 127. The van der Waals surface area contributed by atoms with E-state index in [1.165, 1.54) is 25.9 Å². The largest absolute Gasteiger partial charge is 0.306 e. The molecule has 0 aromatic heterocycles. The first-order chi connectivity index (χ1) is 3.89. The summed E-state index contributed by atoms with van der Waals surface area (Å²) in [6.45, 7) is 8.64. The van der Waals surface area contributed by atoms with Crippen molar-refractivity contribution in [2.45, 2.75) is 12.8 Å². The number of hydrogen-bond acceptors (Lipinski definition) is 1. The molecule has 0 amide bonds. The molecule has 0 aliphatic carbocycles. The van der Waals surface area contributed by atoms with Crippen LogP contribution in [0.25, 0.3) is 0 Å². The molecule has 1 aliphatic rings. The van der Waals surface area contributed by atoms with Gasteiger partial charge in [0.2, 0.25) is 0 Å². The summed E-state index contributed by atoms with van der Waals surface area (Å²) >= 11 is 0. The molecule has 0 saturated carbocycles. The van der Waals surface area contributed by atoms with Crippen molar-refractivity contribution in [2.75, 3.05) is 20.1 Å². The molecule has 1 aliphatic heterocycles. The van der Waals surface area contributed by atoms with Crippen LogP contribution in [-0.2, 0) is 0 Å². The second-order valence-electron chi connectivity index (χ2n) is 2.01. The summed E-state index contributed by atoms with van der Waals surface area (Å²) in [4.78, 5) is 2.36. The Bertz CT molecular complexity index is 50.9. The molecule has 0 unspecified atom stereocenters. The van der Waals surface area contributed by atoms with Crippen LogP contribution < -0.4 is 0 Å². The van der Waals surface area contributed by atoms with E-state index in [1.807, 2.05) is 0 Å². The minimum atomic E-state index is 0. The third-order valence-electron chi connectivity index (χ3n) is 1.33. The summed E-state index contributed by atoms with van der Waals surface area (Å²) in [5.41, 5.74) is 0. The minimum absolute atomic E-state index is 0. The molecule has 0 bridgehead atoms. The lowest BCUT2D eigenvalue weighted by Gasteiger charge is -2.01.